The number of hydrogen-bond acceptors (Lipinski definition) is 5. The molecule has 0 heterocycles. The van der Waals surface area contributed by atoms with E-state index in [4.69, 9.17) is 11.6 Å². The van der Waals surface area contributed by atoms with E-state index in [1.807, 2.05) is 39.8 Å². The van der Waals surface area contributed by atoms with Gasteiger partial charge in [0.05, 0.1) is 5.56 Å². The Balaban J connectivity index is 2.66. The van der Waals surface area contributed by atoms with Gasteiger partial charge in [0.25, 0.3) is 0 Å². The van der Waals surface area contributed by atoms with Gasteiger partial charge in [-0.2, -0.15) is 0 Å². The maximum Gasteiger partial charge on any atom is 0.197 e. The van der Waals surface area contributed by atoms with Gasteiger partial charge in [0.1, 0.15) is 16.4 Å². The lowest BCUT2D eigenvalue weighted by Gasteiger charge is -2.44. The van der Waals surface area contributed by atoms with Crippen molar-refractivity contribution in [3.8, 4) is 11.5 Å². The molecule has 0 aliphatic heterocycles. The maximum atomic E-state index is 13.5. The Hall–Kier alpha value is -2.37. The van der Waals surface area contributed by atoms with Gasteiger partial charge in [-0.05, 0) is 59.9 Å². The molecule has 1 aliphatic carbocycles. The van der Waals surface area contributed by atoms with Crippen molar-refractivity contribution in [3.05, 3.63) is 58.2 Å². The lowest BCUT2D eigenvalue weighted by atomic mass is 9.66. The molecule has 5 nitrogen and oxygen atoms in total. The van der Waals surface area contributed by atoms with Crippen molar-refractivity contribution in [1.29, 1.82) is 0 Å². The van der Waals surface area contributed by atoms with E-state index < -0.39 is 27.8 Å². The number of allylic oxidation sites excluding steroid dienone is 5. The average Bonchev–Trinajstić information content (AvgIpc) is 2.72. The van der Waals surface area contributed by atoms with Crippen molar-refractivity contribution >= 4 is 23.2 Å². The third-order valence-electron chi connectivity index (χ3n) is 5.87. The number of phenolic OH excluding ortho intramolecular Hbond substituents is 2. The van der Waals surface area contributed by atoms with Gasteiger partial charge in [0.15, 0.2) is 17.2 Å². The van der Waals surface area contributed by atoms with Crippen molar-refractivity contribution in [3.63, 3.8) is 0 Å². The predicted octanol–water partition coefficient (Wildman–Crippen LogP) is 5.54. The number of carbonyl (C=O) groups excluding carboxylic acids is 2. The number of Topliss-reactive ketones (excluding diaryl/α,β-unsaturated/α-hetero) is 2. The van der Waals surface area contributed by atoms with Crippen LogP contribution in [-0.2, 0) is 0 Å². The van der Waals surface area contributed by atoms with Gasteiger partial charge in [-0.3, -0.25) is 9.59 Å². The Kier molecular flexibility index (Phi) is 7.56. The van der Waals surface area contributed by atoms with E-state index in [1.54, 1.807) is 12.2 Å². The summed E-state index contributed by atoms with van der Waals surface area (Å²) in [7, 11) is 0. The quantitative estimate of drug-likeness (QED) is 0.377. The highest BCUT2D eigenvalue weighted by atomic mass is 35.5. The summed E-state index contributed by atoms with van der Waals surface area (Å²) in [5, 5.41) is 32.2. The number of rotatable bonds is 7. The molecule has 31 heavy (non-hydrogen) atoms. The summed E-state index contributed by atoms with van der Waals surface area (Å²) < 4.78 is 0. The van der Waals surface area contributed by atoms with Gasteiger partial charge < -0.3 is 15.3 Å². The molecular formula is C25H31ClO5. The van der Waals surface area contributed by atoms with Crippen LogP contribution in [0.3, 0.4) is 0 Å². The number of hydrogen-bond donors (Lipinski definition) is 3. The number of alkyl halides is 1. The summed E-state index contributed by atoms with van der Waals surface area (Å²) in [6.07, 6.45) is 8.71. The number of aliphatic hydroxyl groups is 1. The molecule has 6 heteroatoms. The molecular weight excluding hydrogens is 416 g/mol. The number of carbonyl (C=O) groups is 2. The van der Waals surface area contributed by atoms with Crippen LogP contribution in [0.1, 0.15) is 79.7 Å². The Bertz CT molecular complexity index is 984. The fourth-order valence-corrected chi connectivity index (χ4v) is 4.05. The van der Waals surface area contributed by atoms with Crippen molar-refractivity contribution in [2.75, 3.05) is 0 Å². The standard InChI is InChI=1S/C25H31ClO5/c1-6-7-8-9-16(4)11-13-25(31)22(29)18-14-19(27)17(5)21(28)20(18)23(30)24(25,26)12-10-15(2)3/h6-7,10-11,14,27-28,31H,8-9,12-13H2,1-5H3/b7-6+,16-11+/t24-,25-/m0/s1. The molecule has 1 aromatic rings. The van der Waals surface area contributed by atoms with Crippen LogP contribution >= 0.6 is 11.6 Å². The maximum absolute atomic E-state index is 13.5. The number of halogens is 1. The van der Waals surface area contributed by atoms with Crippen LogP contribution < -0.4 is 0 Å². The monoisotopic (exact) mass is 446 g/mol. The second-order valence-corrected chi connectivity index (χ2v) is 9.10. The predicted molar refractivity (Wildman–Crippen MR) is 123 cm³/mol. The SMILES string of the molecule is C/C=C/CC/C(C)=C/C[C@]1(O)C(=O)c2cc(O)c(C)c(O)c2C(=O)[C@@]1(Cl)CC=C(C)C. The second-order valence-electron chi connectivity index (χ2n) is 8.46. The van der Waals surface area contributed by atoms with Gasteiger partial charge in [0, 0.05) is 17.5 Å². The fourth-order valence-electron chi connectivity index (χ4n) is 3.71. The number of phenols is 2. The largest absolute Gasteiger partial charge is 0.508 e. The molecule has 3 N–H and O–H groups in total. The summed E-state index contributed by atoms with van der Waals surface area (Å²) in [6.45, 7) is 8.92. The lowest BCUT2D eigenvalue weighted by molar-refractivity contribution is 0.00725. The molecule has 0 amide bonds. The molecule has 0 saturated heterocycles. The second kappa shape index (κ2) is 9.41. The fraction of sp³-hybridized carbons (Fsp3) is 0.440. The van der Waals surface area contributed by atoms with Crippen molar-refractivity contribution in [2.45, 2.75) is 70.8 Å². The van der Waals surface area contributed by atoms with Gasteiger partial charge in [-0.1, -0.05) is 35.5 Å². The highest BCUT2D eigenvalue weighted by Crippen LogP contribution is 2.49. The molecule has 1 aromatic carbocycles. The third kappa shape index (κ3) is 4.48. The van der Waals surface area contributed by atoms with E-state index in [1.165, 1.54) is 6.92 Å². The van der Waals surface area contributed by atoms with E-state index >= 15 is 0 Å². The number of benzene rings is 1. The van der Waals surface area contributed by atoms with Crippen LogP contribution in [-0.4, -0.2) is 37.4 Å². The Morgan fingerprint density at radius 2 is 1.74 bits per heavy atom. The molecule has 0 aromatic heterocycles. The normalized spacial score (nSPS) is 23.9. The van der Waals surface area contributed by atoms with Crippen LogP contribution in [0.2, 0.25) is 0 Å². The lowest BCUT2D eigenvalue weighted by Crippen LogP contribution is -2.63. The smallest absolute Gasteiger partial charge is 0.197 e. The average molecular weight is 447 g/mol. The molecule has 2 rings (SSSR count). The molecule has 1 aliphatic rings. The van der Waals surface area contributed by atoms with E-state index in [0.717, 1.165) is 30.1 Å². The first kappa shape index (κ1) is 24.9. The molecule has 0 bridgehead atoms. The molecule has 168 valence electrons. The highest BCUT2D eigenvalue weighted by Gasteiger charge is 2.62. The van der Waals surface area contributed by atoms with Gasteiger partial charge in [-0.15, -0.1) is 11.6 Å². The molecule has 2 atom stereocenters. The molecule has 0 spiro atoms. The Morgan fingerprint density at radius 1 is 1.10 bits per heavy atom. The molecule has 0 radical (unpaired) electrons. The highest BCUT2D eigenvalue weighted by molar-refractivity contribution is 6.44. The first-order chi connectivity index (χ1) is 14.4. The van der Waals surface area contributed by atoms with Crippen molar-refractivity contribution in [1.82, 2.24) is 0 Å². The zero-order valence-electron chi connectivity index (χ0n) is 18.8. The minimum atomic E-state index is -2.24. The summed E-state index contributed by atoms with van der Waals surface area (Å²) in [5.74, 6) is -2.34. The summed E-state index contributed by atoms with van der Waals surface area (Å²) in [5.41, 5.74) is -0.810. The minimum absolute atomic E-state index is 0.0753. The summed E-state index contributed by atoms with van der Waals surface area (Å²) in [4.78, 5) is 25.0. The van der Waals surface area contributed by atoms with Crippen molar-refractivity contribution in [2.24, 2.45) is 0 Å². The summed E-state index contributed by atoms with van der Waals surface area (Å²) in [6, 6.07) is 1.12. The summed E-state index contributed by atoms with van der Waals surface area (Å²) >= 11 is 6.79. The van der Waals surface area contributed by atoms with Crippen LogP contribution in [0.25, 0.3) is 0 Å². The zero-order valence-corrected chi connectivity index (χ0v) is 19.5. The van der Waals surface area contributed by atoms with E-state index in [2.05, 4.69) is 0 Å². The Labute approximate surface area is 188 Å². The first-order valence-corrected chi connectivity index (χ1v) is 10.7. The van der Waals surface area contributed by atoms with E-state index in [0.29, 0.717) is 0 Å². The van der Waals surface area contributed by atoms with E-state index in [9.17, 15) is 24.9 Å². The number of ketones is 2. The van der Waals surface area contributed by atoms with Crippen LogP contribution in [0.4, 0.5) is 0 Å². The topological polar surface area (TPSA) is 94.8 Å². The molecule has 0 saturated carbocycles. The van der Waals surface area contributed by atoms with Gasteiger partial charge >= 0.3 is 0 Å². The molecule has 0 fully saturated rings. The number of fused-ring (bicyclic) bond motifs is 1. The van der Waals surface area contributed by atoms with Crippen molar-refractivity contribution < 1.29 is 24.9 Å². The first-order valence-electron chi connectivity index (χ1n) is 10.4. The number of aromatic hydroxyl groups is 2. The minimum Gasteiger partial charge on any atom is -0.508 e. The third-order valence-corrected chi connectivity index (χ3v) is 6.51. The Morgan fingerprint density at radius 3 is 2.32 bits per heavy atom. The van der Waals surface area contributed by atoms with Crippen LogP contribution in [0.15, 0.2) is 41.5 Å². The van der Waals surface area contributed by atoms with Gasteiger partial charge in [-0.25, -0.2) is 0 Å². The zero-order chi connectivity index (χ0) is 23.6. The van der Waals surface area contributed by atoms with Crippen LogP contribution in [0.5, 0.6) is 11.5 Å². The van der Waals surface area contributed by atoms with E-state index in [-0.39, 0.29) is 35.3 Å². The van der Waals surface area contributed by atoms with Gasteiger partial charge in [0.2, 0.25) is 0 Å². The molecule has 0 unspecified atom stereocenters. The van der Waals surface area contributed by atoms with Crippen LogP contribution in [0, 0.1) is 6.92 Å².